The van der Waals surface area contributed by atoms with Gasteiger partial charge in [0.15, 0.2) is 5.65 Å². The fourth-order valence-electron chi connectivity index (χ4n) is 3.10. The van der Waals surface area contributed by atoms with Gasteiger partial charge in [0.2, 0.25) is 5.95 Å². The molecule has 0 radical (unpaired) electrons. The Morgan fingerprint density at radius 2 is 1.79 bits per heavy atom. The van der Waals surface area contributed by atoms with Gasteiger partial charge >= 0.3 is 0 Å². The number of aromatic nitrogens is 4. The van der Waals surface area contributed by atoms with Crippen molar-refractivity contribution < 1.29 is 0 Å². The van der Waals surface area contributed by atoms with Crippen LogP contribution in [0.4, 0.5) is 17.5 Å². The van der Waals surface area contributed by atoms with E-state index in [2.05, 4.69) is 29.2 Å². The molecule has 2 aromatic carbocycles. The standard InChI is InChI=1S/C21H21ClN6/c1-3-27(4-2)21-25-19(24-16-10-8-9-15(22)13-16)18-14-23-28(20(18)26-21)17-11-6-5-7-12-17/h5-14H,3-4H2,1-2H3,(H,24,25,26). The third kappa shape index (κ3) is 3.51. The smallest absolute Gasteiger partial charge is 0.229 e. The van der Waals surface area contributed by atoms with Crippen LogP contribution in [0.2, 0.25) is 5.02 Å². The van der Waals surface area contributed by atoms with Gasteiger partial charge in [-0.3, -0.25) is 0 Å². The maximum Gasteiger partial charge on any atom is 0.229 e. The first-order valence-electron chi connectivity index (χ1n) is 9.28. The molecular formula is C21H21ClN6. The zero-order chi connectivity index (χ0) is 19.5. The number of benzene rings is 2. The summed E-state index contributed by atoms with van der Waals surface area (Å²) in [6, 6.07) is 17.6. The van der Waals surface area contributed by atoms with Crippen LogP contribution in [0.25, 0.3) is 16.7 Å². The summed E-state index contributed by atoms with van der Waals surface area (Å²) in [5, 5.41) is 9.46. The number of fused-ring (bicyclic) bond motifs is 1. The maximum absolute atomic E-state index is 6.14. The van der Waals surface area contributed by atoms with E-state index >= 15 is 0 Å². The Balaban J connectivity index is 1.88. The second-order valence-electron chi connectivity index (χ2n) is 6.31. The molecule has 0 saturated carbocycles. The molecule has 0 saturated heterocycles. The van der Waals surface area contributed by atoms with Gasteiger partial charge in [0.25, 0.3) is 0 Å². The summed E-state index contributed by atoms with van der Waals surface area (Å²) >= 11 is 6.14. The van der Waals surface area contributed by atoms with Crippen LogP contribution in [0.15, 0.2) is 60.8 Å². The summed E-state index contributed by atoms with van der Waals surface area (Å²) in [5.41, 5.74) is 2.58. The van der Waals surface area contributed by atoms with Crippen LogP contribution in [0.1, 0.15) is 13.8 Å². The number of rotatable bonds is 6. The molecule has 0 aliphatic rings. The van der Waals surface area contributed by atoms with Crippen molar-refractivity contribution in [3.05, 3.63) is 65.8 Å². The Bertz CT molecular complexity index is 1090. The lowest BCUT2D eigenvalue weighted by molar-refractivity contribution is 0.820. The molecule has 0 atom stereocenters. The largest absolute Gasteiger partial charge is 0.341 e. The van der Waals surface area contributed by atoms with Gasteiger partial charge in [-0.25, -0.2) is 4.68 Å². The first kappa shape index (κ1) is 18.3. The van der Waals surface area contributed by atoms with Gasteiger partial charge in [-0.05, 0) is 44.2 Å². The van der Waals surface area contributed by atoms with Gasteiger partial charge in [-0.15, -0.1) is 0 Å². The first-order valence-corrected chi connectivity index (χ1v) is 9.66. The van der Waals surface area contributed by atoms with Crippen molar-refractivity contribution in [3.8, 4) is 5.69 Å². The summed E-state index contributed by atoms with van der Waals surface area (Å²) in [6.07, 6.45) is 1.79. The first-order chi connectivity index (χ1) is 13.7. The average molecular weight is 393 g/mol. The van der Waals surface area contributed by atoms with Crippen molar-refractivity contribution in [2.24, 2.45) is 0 Å². The zero-order valence-corrected chi connectivity index (χ0v) is 16.6. The van der Waals surface area contributed by atoms with E-state index in [1.54, 1.807) is 6.20 Å². The predicted molar refractivity (Wildman–Crippen MR) is 115 cm³/mol. The number of para-hydroxylation sites is 1. The molecule has 0 aliphatic carbocycles. The minimum Gasteiger partial charge on any atom is -0.341 e. The molecule has 0 fully saturated rings. The highest BCUT2D eigenvalue weighted by atomic mass is 35.5. The highest BCUT2D eigenvalue weighted by Crippen LogP contribution is 2.28. The molecule has 7 heteroatoms. The van der Waals surface area contributed by atoms with Crippen LogP contribution in [0.3, 0.4) is 0 Å². The van der Waals surface area contributed by atoms with Crippen molar-refractivity contribution in [2.75, 3.05) is 23.3 Å². The number of hydrogen-bond acceptors (Lipinski definition) is 5. The van der Waals surface area contributed by atoms with Crippen molar-refractivity contribution in [3.63, 3.8) is 0 Å². The van der Waals surface area contributed by atoms with E-state index in [9.17, 15) is 0 Å². The Morgan fingerprint density at radius 1 is 1.00 bits per heavy atom. The molecule has 2 aromatic heterocycles. The van der Waals surface area contributed by atoms with Gasteiger partial charge in [-0.1, -0.05) is 35.9 Å². The van der Waals surface area contributed by atoms with E-state index in [-0.39, 0.29) is 0 Å². The second-order valence-corrected chi connectivity index (χ2v) is 6.75. The zero-order valence-electron chi connectivity index (χ0n) is 15.8. The molecule has 4 rings (SSSR count). The average Bonchev–Trinajstić information content (AvgIpc) is 3.14. The Hall–Kier alpha value is -3.12. The molecule has 0 aliphatic heterocycles. The van der Waals surface area contributed by atoms with Crippen LogP contribution in [0, 0.1) is 0 Å². The molecule has 4 aromatic rings. The summed E-state index contributed by atoms with van der Waals surface area (Å²) in [7, 11) is 0. The monoisotopic (exact) mass is 392 g/mol. The van der Waals surface area contributed by atoms with E-state index in [0.29, 0.717) is 16.8 Å². The predicted octanol–water partition coefficient (Wildman–Crippen LogP) is 5.06. The van der Waals surface area contributed by atoms with Crippen LogP contribution in [0.5, 0.6) is 0 Å². The molecule has 142 valence electrons. The number of nitrogens with zero attached hydrogens (tertiary/aromatic N) is 5. The molecule has 0 amide bonds. The molecule has 0 unspecified atom stereocenters. The summed E-state index contributed by atoms with van der Waals surface area (Å²) in [4.78, 5) is 11.7. The highest BCUT2D eigenvalue weighted by molar-refractivity contribution is 6.30. The van der Waals surface area contributed by atoms with Crippen LogP contribution in [-0.4, -0.2) is 32.8 Å². The van der Waals surface area contributed by atoms with Crippen molar-refractivity contribution in [1.82, 2.24) is 19.7 Å². The van der Waals surface area contributed by atoms with Gasteiger partial charge in [0.05, 0.1) is 17.3 Å². The molecule has 28 heavy (non-hydrogen) atoms. The van der Waals surface area contributed by atoms with Gasteiger partial charge < -0.3 is 10.2 Å². The second kappa shape index (κ2) is 7.86. The lowest BCUT2D eigenvalue weighted by Gasteiger charge is -2.20. The Kier molecular flexibility index (Phi) is 5.12. The van der Waals surface area contributed by atoms with E-state index in [1.165, 1.54) is 0 Å². The summed E-state index contributed by atoms with van der Waals surface area (Å²) < 4.78 is 1.84. The molecular weight excluding hydrogens is 372 g/mol. The molecule has 6 nitrogen and oxygen atoms in total. The minimum atomic E-state index is 0.666. The van der Waals surface area contributed by atoms with Crippen molar-refractivity contribution >= 4 is 40.1 Å². The number of halogens is 1. The third-order valence-electron chi connectivity index (χ3n) is 4.55. The molecule has 0 spiro atoms. The van der Waals surface area contributed by atoms with Crippen molar-refractivity contribution in [1.29, 1.82) is 0 Å². The van der Waals surface area contributed by atoms with E-state index in [1.807, 2.05) is 59.3 Å². The van der Waals surface area contributed by atoms with Crippen LogP contribution >= 0.6 is 11.6 Å². The topological polar surface area (TPSA) is 58.9 Å². The van der Waals surface area contributed by atoms with E-state index < -0.39 is 0 Å². The lowest BCUT2D eigenvalue weighted by Crippen LogP contribution is -2.24. The van der Waals surface area contributed by atoms with Crippen molar-refractivity contribution in [2.45, 2.75) is 13.8 Å². The summed E-state index contributed by atoms with van der Waals surface area (Å²) in [6.45, 7) is 5.82. The Morgan fingerprint density at radius 3 is 2.50 bits per heavy atom. The minimum absolute atomic E-state index is 0.666. The van der Waals surface area contributed by atoms with Gasteiger partial charge in [0.1, 0.15) is 5.82 Å². The number of anilines is 3. The normalized spacial score (nSPS) is 11.0. The maximum atomic E-state index is 6.14. The van der Waals surface area contributed by atoms with Crippen LogP contribution < -0.4 is 10.2 Å². The molecule has 1 N–H and O–H groups in total. The van der Waals surface area contributed by atoms with Crippen LogP contribution in [-0.2, 0) is 0 Å². The highest BCUT2D eigenvalue weighted by Gasteiger charge is 2.17. The van der Waals surface area contributed by atoms with E-state index in [4.69, 9.17) is 21.6 Å². The molecule has 0 bridgehead atoms. The van der Waals surface area contributed by atoms with E-state index in [0.717, 1.165) is 35.5 Å². The quantitative estimate of drug-likeness (QED) is 0.497. The fraction of sp³-hybridized carbons (Fsp3) is 0.190. The third-order valence-corrected chi connectivity index (χ3v) is 4.79. The number of nitrogens with one attached hydrogen (secondary N) is 1. The summed E-state index contributed by atoms with van der Waals surface area (Å²) in [5.74, 6) is 1.37. The lowest BCUT2D eigenvalue weighted by atomic mass is 10.3. The fourth-order valence-corrected chi connectivity index (χ4v) is 3.29. The SMILES string of the molecule is CCN(CC)c1nc(Nc2cccc(Cl)c2)c2cnn(-c3ccccc3)c2n1. The number of hydrogen-bond donors (Lipinski definition) is 1. The Labute approximate surface area is 168 Å². The molecule has 2 heterocycles. The van der Waals surface area contributed by atoms with Gasteiger partial charge in [0, 0.05) is 23.8 Å². The van der Waals surface area contributed by atoms with Gasteiger partial charge in [-0.2, -0.15) is 15.1 Å².